The molecule has 1 aliphatic heterocycles. The number of amides is 2. The van der Waals surface area contributed by atoms with Gasteiger partial charge in [0.2, 0.25) is 11.8 Å². The van der Waals surface area contributed by atoms with Gasteiger partial charge in [0.15, 0.2) is 11.5 Å². The van der Waals surface area contributed by atoms with E-state index in [1.54, 1.807) is 33.3 Å². The molecule has 7 nitrogen and oxygen atoms in total. The fourth-order valence-electron chi connectivity index (χ4n) is 4.43. The molecule has 2 atom stereocenters. The Labute approximate surface area is 196 Å². The van der Waals surface area contributed by atoms with Crippen LogP contribution in [0.1, 0.15) is 43.4 Å². The minimum Gasteiger partial charge on any atom is -0.497 e. The molecular formula is C26H34N2O5. The number of methoxy groups -OCH3 is 3. The first-order valence-corrected chi connectivity index (χ1v) is 11.3. The molecule has 33 heavy (non-hydrogen) atoms. The molecule has 1 fully saturated rings. The average Bonchev–Trinajstić information content (AvgIpc) is 3.17. The van der Waals surface area contributed by atoms with Gasteiger partial charge in [0.1, 0.15) is 5.75 Å². The fraction of sp³-hybridized carbons (Fsp3) is 0.462. The fourth-order valence-corrected chi connectivity index (χ4v) is 4.43. The zero-order valence-corrected chi connectivity index (χ0v) is 20.2. The third-order valence-corrected chi connectivity index (χ3v) is 6.20. The predicted octanol–water partition coefficient (Wildman–Crippen LogP) is 4.06. The highest BCUT2D eigenvalue weighted by Gasteiger charge is 2.45. The lowest BCUT2D eigenvalue weighted by Crippen LogP contribution is -2.37. The van der Waals surface area contributed by atoms with Crippen LogP contribution < -0.4 is 14.2 Å². The summed E-state index contributed by atoms with van der Waals surface area (Å²) < 4.78 is 16.0. The summed E-state index contributed by atoms with van der Waals surface area (Å²) in [4.78, 5) is 30.1. The second-order valence-corrected chi connectivity index (χ2v) is 8.35. The van der Waals surface area contributed by atoms with Gasteiger partial charge in [-0.3, -0.25) is 9.59 Å². The van der Waals surface area contributed by atoms with E-state index in [4.69, 9.17) is 14.2 Å². The lowest BCUT2D eigenvalue weighted by atomic mass is 9.92. The number of benzene rings is 2. The van der Waals surface area contributed by atoms with Gasteiger partial charge in [-0.05, 0) is 41.8 Å². The number of hydrogen-bond acceptors (Lipinski definition) is 5. The van der Waals surface area contributed by atoms with E-state index in [-0.39, 0.29) is 24.3 Å². The van der Waals surface area contributed by atoms with Crippen molar-refractivity contribution in [2.45, 2.75) is 38.8 Å². The third kappa shape index (κ3) is 5.41. The van der Waals surface area contributed by atoms with Gasteiger partial charge in [0.25, 0.3) is 0 Å². The van der Waals surface area contributed by atoms with E-state index < -0.39 is 5.92 Å². The molecule has 2 amide bonds. The van der Waals surface area contributed by atoms with Crippen LogP contribution in [-0.2, 0) is 16.1 Å². The Balaban J connectivity index is 1.84. The summed E-state index contributed by atoms with van der Waals surface area (Å²) in [6.07, 6.45) is 2.10. The first-order chi connectivity index (χ1) is 15.9. The summed E-state index contributed by atoms with van der Waals surface area (Å²) in [5.41, 5.74) is 1.88. The van der Waals surface area contributed by atoms with Crippen molar-refractivity contribution in [3.05, 3.63) is 53.6 Å². The summed E-state index contributed by atoms with van der Waals surface area (Å²) in [5.74, 6) is 1.56. The van der Waals surface area contributed by atoms with E-state index in [2.05, 4.69) is 6.92 Å². The van der Waals surface area contributed by atoms with E-state index in [9.17, 15) is 9.59 Å². The highest BCUT2D eigenvalue weighted by atomic mass is 16.5. The highest BCUT2D eigenvalue weighted by molar-refractivity contribution is 5.90. The number of unbranched alkanes of at least 4 members (excludes halogenated alkanes) is 1. The molecule has 178 valence electrons. The molecule has 1 aliphatic rings. The Morgan fingerprint density at radius 2 is 1.73 bits per heavy atom. The molecule has 2 unspecified atom stereocenters. The van der Waals surface area contributed by atoms with Gasteiger partial charge in [0, 0.05) is 26.6 Å². The molecule has 0 radical (unpaired) electrons. The van der Waals surface area contributed by atoms with Crippen molar-refractivity contribution < 1.29 is 23.8 Å². The van der Waals surface area contributed by atoms with Crippen LogP contribution in [0.4, 0.5) is 0 Å². The minimum absolute atomic E-state index is 0.0298. The quantitative estimate of drug-likeness (QED) is 0.542. The van der Waals surface area contributed by atoms with Crippen molar-refractivity contribution in [1.29, 1.82) is 0 Å². The molecule has 0 saturated carbocycles. The van der Waals surface area contributed by atoms with E-state index in [1.165, 1.54) is 0 Å². The number of nitrogens with zero attached hydrogens (tertiary/aromatic N) is 2. The van der Waals surface area contributed by atoms with Crippen LogP contribution in [0.15, 0.2) is 42.5 Å². The molecule has 1 saturated heterocycles. The summed E-state index contributed by atoms with van der Waals surface area (Å²) in [7, 11) is 6.58. The maximum atomic E-state index is 13.6. The standard InChI is InChI=1S/C26H34N2O5/c1-6-7-14-28-24(29)16-21(25(28)19-9-11-20(31-3)12-10-19)26(30)27(2)17-18-8-13-22(32-4)23(15-18)33-5/h8-13,15,21,25H,6-7,14,16-17H2,1-5H3. The molecule has 7 heteroatoms. The Hall–Kier alpha value is -3.22. The minimum atomic E-state index is -0.437. The summed E-state index contributed by atoms with van der Waals surface area (Å²) in [6.45, 7) is 3.16. The van der Waals surface area contributed by atoms with Gasteiger partial charge in [-0.1, -0.05) is 31.5 Å². The van der Waals surface area contributed by atoms with Gasteiger partial charge in [0.05, 0.1) is 33.3 Å². The molecular weight excluding hydrogens is 420 g/mol. The van der Waals surface area contributed by atoms with Gasteiger partial charge < -0.3 is 24.0 Å². The molecule has 2 aromatic carbocycles. The summed E-state index contributed by atoms with van der Waals surface area (Å²) in [5, 5.41) is 0. The van der Waals surface area contributed by atoms with Crippen LogP contribution >= 0.6 is 0 Å². The van der Waals surface area contributed by atoms with Crippen molar-refractivity contribution in [1.82, 2.24) is 9.80 Å². The normalized spacial score (nSPS) is 17.7. The first-order valence-electron chi connectivity index (χ1n) is 11.3. The third-order valence-electron chi connectivity index (χ3n) is 6.20. The van der Waals surface area contributed by atoms with Crippen molar-refractivity contribution in [3.63, 3.8) is 0 Å². The first kappa shape index (κ1) is 24.4. The van der Waals surface area contributed by atoms with E-state index in [1.807, 2.05) is 47.4 Å². The Morgan fingerprint density at radius 3 is 2.33 bits per heavy atom. The van der Waals surface area contributed by atoms with Crippen LogP contribution in [0.25, 0.3) is 0 Å². The summed E-state index contributed by atoms with van der Waals surface area (Å²) >= 11 is 0. The van der Waals surface area contributed by atoms with Crippen molar-refractivity contribution >= 4 is 11.8 Å². The topological polar surface area (TPSA) is 68.3 Å². The maximum absolute atomic E-state index is 13.6. The van der Waals surface area contributed by atoms with Gasteiger partial charge in [-0.2, -0.15) is 0 Å². The number of carbonyl (C=O) groups is 2. The number of carbonyl (C=O) groups excluding carboxylic acids is 2. The summed E-state index contributed by atoms with van der Waals surface area (Å²) in [6, 6.07) is 13.0. The Bertz CT molecular complexity index is 960. The maximum Gasteiger partial charge on any atom is 0.228 e. The lowest BCUT2D eigenvalue weighted by Gasteiger charge is -2.30. The van der Waals surface area contributed by atoms with Gasteiger partial charge in [-0.25, -0.2) is 0 Å². The van der Waals surface area contributed by atoms with Crippen LogP contribution in [-0.4, -0.2) is 56.5 Å². The molecule has 0 aliphatic carbocycles. The SMILES string of the molecule is CCCCN1C(=O)CC(C(=O)N(C)Cc2ccc(OC)c(OC)c2)C1c1ccc(OC)cc1. The number of hydrogen-bond donors (Lipinski definition) is 0. The average molecular weight is 455 g/mol. The van der Waals surface area contributed by atoms with E-state index >= 15 is 0 Å². The van der Waals surface area contributed by atoms with Crippen LogP contribution in [0.2, 0.25) is 0 Å². The molecule has 0 aromatic heterocycles. The Kier molecular flexibility index (Phi) is 8.20. The molecule has 0 N–H and O–H groups in total. The van der Waals surface area contributed by atoms with Gasteiger partial charge in [-0.15, -0.1) is 0 Å². The van der Waals surface area contributed by atoms with Crippen LogP contribution in [0.3, 0.4) is 0 Å². The number of rotatable bonds is 10. The molecule has 3 rings (SSSR count). The largest absolute Gasteiger partial charge is 0.497 e. The van der Waals surface area contributed by atoms with E-state index in [0.29, 0.717) is 24.6 Å². The second kappa shape index (κ2) is 11.1. The smallest absolute Gasteiger partial charge is 0.228 e. The van der Waals surface area contributed by atoms with Crippen molar-refractivity contribution in [2.24, 2.45) is 5.92 Å². The van der Waals surface area contributed by atoms with E-state index in [0.717, 1.165) is 29.7 Å². The predicted molar refractivity (Wildman–Crippen MR) is 126 cm³/mol. The molecule has 0 spiro atoms. The zero-order valence-electron chi connectivity index (χ0n) is 20.2. The lowest BCUT2D eigenvalue weighted by molar-refractivity contribution is -0.135. The Morgan fingerprint density at radius 1 is 1.03 bits per heavy atom. The molecule has 1 heterocycles. The van der Waals surface area contributed by atoms with Crippen molar-refractivity contribution in [3.8, 4) is 17.2 Å². The second-order valence-electron chi connectivity index (χ2n) is 8.35. The highest BCUT2D eigenvalue weighted by Crippen LogP contribution is 2.40. The van der Waals surface area contributed by atoms with Crippen LogP contribution in [0.5, 0.6) is 17.2 Å². The van der Waals surface area contributed by atoms with Crippen LogP contribution in [0, 0.1) is 5.92 Å². The zero-order chi connectivity index (χ0) is 24.0. The monoisotopic (exact) mass is 454 g/mol. The molecule has 0 bridgehead atoms. The number of likely N-dealkylation sites (tertiary alicyclic amines) is 1. The van der Waals surface area contributed by atoms with Gasteiger partial charge >= 0.3 is 0 Å². The molecule has 2 aromatic rings. The number of ether oxygens (including phenoxy) is 3. The van der Waals surface area contributed by atoms with Crippen molar-refractivity contribution in [2.75, 3.05) is 34.9 Å².